The molecule has 0 bridgehead atoms. The van der Waals surface area contributed by atoms with Crippen molar-refractivity contribution in [1.29, 1.82) is 0 Å². The number of H-pyrrole nitrogens is 4. The predicted octanol–water partition coefficient (Wildman–Crippen LogP) is 12.7. The normalized spacial score (nSPS) is 13.0. The molecule has 1 amide bonds. The van der Waals surface area contributed by atoms with E-state index < -0.39 is 5.13 Å². The highest BCUT2D eigenvalue weighted by Gasteiger charge is 2.25. The quantitative estimate of drug-likeness (QED) is 0.0831. The Morgan fingerprint density at radius 2 is 1.28 bits per heavy atom. The van der Waals surface area contributed by atoms with E-state index in [1.165, 1.54) is 24.5 Å². The Kier molecular flexibility index (Phi) is 10.7. The van der Waals surface area contributed by atoms with Gasteiger partial charge in [0.05, 0.1) is 46.3 Å². The molecule has 3 aromatic carbocycles. The van der Waals surface area contributed by atoms with Crippen molar-refractivity contribution in [1.82, 2.24) is 65.2 Å². The number of amides is 1. The lowest BCUT2D eigenvalue weighted by atomic mass is 9.96. The number of carbonyl (C=O) groups excluding carboxylic acids is 1. The summed E-state index contributed by atoms with van der Waals surface area (Å²) in [5.74, 6) is 0.667. The standard InChI is InChI=1S/C56H38F2N14OS2/c57-47-11-10-45(74-47)40-24-61-26-43-49(40)66-55(65-43)52-39-18-32(34-15-35(23-60-22-34)63-56(73)30-6-2-1-3-7-30)17-36(48(39)69-71-52)37-19-46(75-53(37)58)41-25-62-27-44-50(41)67-54(64-44)51-38-16-31(8-9-42(38)68-70-51)33-14-29(20-59-21-33)28-72-12-4-5-13-72/h1-3,6-11,14-27H,4-5,12-13,28H2,(H,63,73)(H,64,67)(H,65,66)(H,68,70)(H,69,71). The van der Waals surface area contributed by atoms with E-state index in [2.05, 4.69) is 68.5 Å². The van der Waals surface area contributed by atoms with Gasteiger partial charge in [0.25, 0.3) is 5.91 Å². The Labute approximate surface area is 431 Å². The molecule has 1 fully saturated rings. The van der Waals surface area contributed by atoms with Crippen LogP contribution in [0.25, 0.3) is 121 Å². The maximum atomic E-state index is 17.0. The van der Waals surface area contributed by atoms with Gasteiger partial charge in [-0.05, 0) is 109 Å². The maximum Gasteiger partial charge on any atom is 0.255 e. The molecular weight excluding hydrogens is 987 g/mol. The third kappa shape index (κ3) is 8.09. The van der Waals surface area contributed by atoms with Crippen molar-refractivity contribution in [3.05, 3.63) is 162 Å². The summed E-state index contributed by atoms with van der Waals surface area (Å²) >= 11 is 1.99. The van der Waals surface area contributed by atoms with Gasteiger partial charge in [0.2, 0.25) is 0 Å². The van der Waals surface area contributed by atoms with E-state index in [0.717, 1.165) is 64.3 Å². The van der Waals surface area contributed by atoms with E-state index in [1.807, 2.05) is 42.7 Å². The minimum Gasteiger partial charge on any atom is -0.335 e. The molecule has 11 heterocycles. The van der Waals surface area contributed by atoms with E-state index in [1.54, 1.807) is 73.6 Å². The van der Waals surface area contributed by atoms with Crippen LogP contribution in [0.3, 0.4) is 0 Å². The molecule has 0 radical (unpaired) electrons. The summed E-state index contributed by atoms with van der Waals surface area (Å²) < 4.78 is 31.2. The number of pyridine rings is 4. The second kappa shape index (κ2) is 18.1. The number of nitrogens with zero attached hydrogens (tertiary/aromatic N) is 9. The minimum absolute atomic E-state index is 0.289. The van der Waals surface area contributed by atoms with Crippen molar-refractivity contribution in [2.45, 2.75) is 19.4 Å². The third-order valence-electron chi connectivity index (χ3n) is 13.7. The molecule has 364 valence electrons. The van der Waals surface area contributed by atoms with E-state index in [0.29, 0.717) is 110 Å². The summed E-state index contributed by atoms with van der Waals surface area (Å²) in [5, 5.41) is 19.6. The van der Waals surface area contributed by atoms with Gasteiger partial charge in [0.15, 0.2) is 21.9 Å². The summed E-state index contributed by atoms with van der Waals surface area (Å²) in [6, 6.07) is 27.9. The lowest BCUT2D eigenvalue weighted by molar-refractivity contribution is 0.102. The number of carbonyl (C=O) groups is 1. The van der Waals surface area contributed by atoms with Crippen molar-refractivity contribution >= 4 is 78.1 Å². The Morgan fingerprint density at radius 1 is 0.587 bits per heavy atom. The number of rotatable bonds is 11. The van der Waals surface area contributed by atoms with Gasteiger partial charge >= 0.3 is 0 Å². The van der Waals surface area contributed by atoms with Gasteiger partial charge in [-0.25, -0.2) is 9.97 Å². The van der Waals surface area contributed by atoms with E-state index in [9.17, 15) is 9.18 Å². The van der Waals surface area contributed by atoms with E-state index >= 15 is 4.39 Å². The number of halogens is 2. The summed E-state index contributed by atoms with van der Waals surface area (Å²) in [7, 11) is 0. The largest absolute Gasteiger partial charge is 0.335 e. The van der Waals surface area contributed by atoms with Gasteiger partial charge < -0.3 is 15.3 Å². The van der Waals surface area contributed by atoms with Gasteiger partial charge in [-0.2, -0.15) is 19.0 Å². The zero-order valence-electron chi connectivity index (χ0n) is 39.3. The zero-order valence-corrected chi connectivity index (χ0v) is 41.0. The number of nitrogens with one attached hydrogen (secondary N) is 5. The highest BCUT2D eigenvalue weighted by atomic mass is 32.1. The van der Waals surface area contributed by atoms with Crippen LogP contribution in [0.2, 0.25) is 0 Å². The van der Waals surface area contributed by atoms with Crippen LogP contribution in [0, 0.1) is 10.3 Å². The second-order valence-electron chi connectivity index (χ2n) is 18.4. The third-order valence-corrected chi connectivity index (χ3v) is 15.5. The van der Waals surface area contributed by atoms with Crippen LogP contribution in [-0.2, 0) is 6.54 Å². The number of hydrogen-bond donors (Lipinski definition) is 5. The zero-order chi connectivity index (χ0) is 50.1. The Bertz CT molecular complexity index is 4360. The number of fused-ring (bicyclic) bond motifs is 4. The van der Waals surface area contributed by atoms with E-state index in [4.69, 9.17) is 20.2 Å². The predicted molar refractivity (Wildman–Crippen MR) is 289 cm³/mol. The second-order valence-corrected chi connectivity index (χ2v) is 20.5. The Morgan fingerprint density at radius 3 is 2.04 bits per heavy atom. The molecule has 10 aromatic heterocycles. The number of aromatic amines is 4. The van der Waals surface area contributed by atoms with Crippen LogP contribution >= 0.6 is 22.7 Å². The number of benzene rings is 3. The Balaban J connectivity index is 0.855. The maximum absolute atomic E-state index is 17.0. The number of likely N-dealkylation sites (tertiary alicyclic amines) is 1. The molecule has 19 heteroatoms. The highest BCUT2D eigenvalue weighted by molar-refractivity contribution is 7.14. The highest BCUT2D eigenvalue weighted by Crippen LogP contribution is 2.44. The van der Waals surface area contributed by atoms with Crippen molar-refractivity contribution in [2.24, 2.45) is 0 Å². The number of thiophene rings is 2. The Hall–Kier alpha value is -9.17. The molecule has 5 N–H and O–H groups in total. The van der Waals surface area contributed by atoms with Gasteiger partial charge in [-0.1, -0.05) is 24.3 Å². The van der Waals surface area contributed by atoms with Gasteiger partial charge in [0, 0.05) is 97.0 Å². The van der Waals surface area contributed by atoms with Crippen molar-refractivity contribution in [3.63, 3.8) is 0 Å². The first-order valence-corrected chi connectivity index (χ1v) is 25.7. The van der Waals surface area contributed by atoms with Gasteiger partial charge in [-0.15, -0.1) is 22.7 Å². The summed E-state index contributed by atoms with van der Waals surface area (Å²) in [6.45, 7) is 3.09. The summed E-state index contributed by atoms with van der Waals surface area (Å²) in [5.41, 5.74) is 12.6. The van der Waals surface area contributed by atoms with Crippen LogP contribution in [-0.4, -0.2) is 84.2 Å². The molecule has 15 nitrogen and oxygen atoms in total. The molecule has 1 saturated heterocycles. The molecular formula is C56H38F2N14OS2. The topological polar surface area (TPSA) is 199 Å². The lowest BCUT2D eigenvalue weighted by Gasteiger charge is -2.14. The van der Waals surface area contributed by atoms with Crippen LogP contribution in [0.4, 0.5) is 14.5 Å². The fraction of sp³-hybridized carbons (Fsp3) is 0.0893. The monoisotopic (exact) mass is 1020 g/mol. The fourth-order valence-corrected chi connectivity index (χ4v) is 11.7. The summed E-state index contributed by atoms with van der Waals surface area (Å²) in [4.78, 5) is 52.0. The van der Waals surface area contributed by atoms with Crippen LogP contribution in [0.15, 0.2) is 141 Å². The molecule has 1 aliphatic rings. The number of aromatic nitrogens is 12. The van der Waals surface area contributed by atoms with Crippen molar-refractivity contribution in [2.75, 3.05) is 18.4 Å². The molecule has 0 saturated carbocycles. The number of hydrogen-bond acceptors (Lipinski definition) is 12. The number of imidazole rings is 2. The molecule has 0 aliphatic carbocycles. The molecule has 0 spiro atoms. The molecule has 14 rings (SSSR count). The van der Waals surface area contributed by atoms with Gasteiger partial charge in [0.1, 0.15) is 22.4 Å². The molecule has 0 unspecified atom stereocenters. The average molecular weight is 1030 g/mol. The first-order chi connectivity index (χ1) is 36.8. The molecule has 75 heavy (non-hydrogen) atoms. The van der Waals surface area contributed by atoms with Crippen LogP contribution in [0.1, 0.15) is 28.8 Å². The summed E-state index contributed by atoms with van der Waals surface area (Å²) in [6.07, 6.45) is 16.3. The van der Waals surface area contributed by atoms with Crippen LogP contribution < -0.4 is 5.32 Å². The minimum atomic E-state index is -0.443. The van der Waals surface area contributed by atoms with Gasteiger partial charge in [-0.3, -0.25) is 39.8 Å². The average Bonchev–Trinajstić information content (AvgIpc) is 4.33. The van der Waals surface area contributed by atoms with Crippen molar-refractivity contribution in [3.8, 4) is 77.3 Å². The van der Waals surface area contributed by atoms with Crippen molar-refractivity contribution < 1.29 is 13.6 Å². The first kappa shape index (κ1) is 44.5. The number of anilines is 1. The van der Waals surface area contributed by atoms with Crippen LogP contribution in [0.5, 0.6) is 0 Å². The SMILES string of the molecule is O=C(Nc1cncc(-c2cc(-c3cc(-c4cncc5[nH]c(-c6n[nH]c7ccc(-c8cncc(CN9CCCC9)c8)cc67)nc45)sc3F)c3[nH]nc(-c4nc5c(-c6ccc(F)s6)cncc5[nH]4)c3c2)c1)c1ccccc1. The van der Waals surface area contributed by atoms with E-state index in [-0.39, 0.29) is 11.0 Å². The fourth-order valence-electron chi connectivity index (χ4n) is 10.0. The molecule has 0 atom stereocenters. The lowest BCUT2D eigenvalue weighted by Crippen LogP contribution is -2.18. The molecule has 1 aliphatic heterocycles. The smallest absolute Gasteiger partial charge is 0.255 e. The first-order valence-electron chi connectivity index (χ1n) is 24.1. The molecule has 13 aromatic rings.